The Morgan fingerprint density at radius 3 is 2.96 bits per heavy atom. The van der Waals surface area contributed by atoms with Gasteiger partial charge in [-0.3, -0.25) is 9.59 Å². The summed E-state index contributed by atoms with van der Waals surface area (Å²) >= 11 is 0. The smallest absolute Gasteiger partial charge is 0.311 e. The van der Waals surface area contributed by atoms with Crippen LogP contribution in [0.25, 0.3) is 11.1 Å². The lowest BCUT2D eigenvalue weighted by Crippen LogP contribution is -2.37. The van der Waals surface area contributed by atoms with Crippen molar-refractivity contribution in [3.8, 4) is 0 Å². The quantitative estimate of drug-likeness (QED) is 0.932. The molecule has 6 heteroatoms. The number of rotatable bonds is 4. The number of fused-ring (bicyclic) bond motifs is 2. The first-order chi connectivity index (χ1) is 11.6. The molecule has 2 atom stereocenters. The normalized spacial score (nSPS) is 26.0. The Morgan fingerprint density at radius 2 is 2.21 bits per heavy atom. The van der Waals surface area contributed by atoms with Gasteiger partial charge in [-0.05, 0) is 30.9 Å². The number of likely N-dealkylation sites (tertiary alicyclic amines) is 1. The van der Waals surface area contributed by atoms with E-state index in [1.54, 1.807) is 4.90 Å². The molecule has 1 aromatic heterocycles. The van der Waals surface area contributed by atoms with Gasteiger partial charge < -0.3 is 14.4 Å². The Labute approximate surface area is 139 Å². The second-order valence-corrected chi connectivity index (χ2v) is 6.90. The zero-order valence-corrected chi connectivity index (χ0v) is 13.4. The maximum atomic E-state index is 12.5. The fourth-order valence-electron chi connectivity index (χ4n) is 4.23. The summed E-state index contributed by atoms with van der Waals surface area (Å²) in [5.74, 6) is -0.105. The minimum atomic E-state index is -0.751. The Hall–Kier alpha value is -2.37. The van der Waals surface area contributed by atoms with E-state index in [9.17, 15) is 14.7 Å². The number of carbonyl (C=O) groups excluding carboxylic acids is 1. The second kappa shape index (κ2) is 5.61. The fourth-order valence-corrected chi connectivity index (χ4v) is 4.23. The standard InChI is InChI=1S/C18H20N2O4/c21-16(8-7-15-19-13-5-1-2-6-14(13)24-15)20-10-12-4-3-9-18(12,11-20)17(22)23/h1-2,5-6,12H,3-4,7-11H2,(H,22,23)/t12-,18+/m0/s1. The van der Waals surface area contributed by atoms with Crippen molar-refractivity contribution in [1.29, 1.82) is 0 Å². The van der Waals surface area contributed by atoms with Crippen molar-refractivity contribution in [3.05, 3.63) is 30.2 Å². The Bertz CT molecular complexity index is 766. The predicted octanol–water partition coefficient (Wildman–Crippen LogP) is 2.47. The molecule has 2 aliphatic rings. The monoisotopic (exact) mass is 328 g/mol. The van der Waals surface area contributed by atoms with Crippen molar-refractivity contribution in [1.82, 2.24) is 9.88 Å². The summed E-state index contributed by atoms with van der Waals surface area (Å²) in [5.41, 5.74) is 0.800. The van der Waals surface area contributed by atoms with Crippen LogP contribution in [0.3, 0.4) is 0 Å². The molecule has 0 spiro atoms. The van der Waals surface area contributed by atoms with Crippen LogP contribution in [0, 0.1) is 11.3 Å². The molecule has 1 aliphatic heterocycles. The van der Waals surface area contributed by atoms with Gasteiger partial charge in [-0.1, -0.05) is 18.6 Å². The number of aromatic nitrogens is 1. The highest BCUT2D eigenvalue weighted by Crippen LogP contribution is 2.49. The summed E-state index contributed by atoms with van der Waals surface area (Å²) in [6.45, 7) is 0.915. The van der Waals surface area contributed by atoms with E-state index in [2.05, 4.69) is 4.98 Å². The number of carboxylic acid groups (broad SMARTS) is 1. The third-order valence-electron chi connectivity index (χ3n) is 5.54. The van der Waals surface area contributed by atoms with Crippen molar-refractivity contribution in [2.45, 2.75) is 32.1 Å². The van der Waals surface area contributed by atoms with E-state index < -0.39 is 11.4 Å². The van der Waals surface area contributed by atoms with Gasteiger partial charge in [0.05, 0.1) is 5.41 Å². The zero-order chi connectivity index (χ0) is 16.7. The number of hydrogen-bond donors (Lipinski definition) is 1. The topological polar surface area (TPSA) is 83.6 Å². The molecule has 0 unspecified atom stereocenters. The highest BCUT2D eigenvalue weighted by atomic mass is 16.4. The van der Waals surface area contributed by atoms with E-state index in [0.717, 1.165) is 23.9 Å². The minimum absolute atomic E-state index is 0.00715. The average molecular weight is 328 g/mol. The molecule has 2 fully saturated rings. The lowest BCUT2D eigenvalue weighted by molar-refractivity contribution is -0.149. The maximum absolute atomic E-state index is 12.5. The molecule has 6 nitrogen and oxygen atoms in total. The molecule has 1 aromatic carbocycles. The SMILES string of the molecule is O=C(CCc1nc2ccccc2o1)N1C[C@@H]2CCC[C@@]2(C(=O)O)C1. The molecule has 1 amide bonds. The summed E-state index contributed by atoms with van der Waals surface area (Å²) in [7, 11) is 0. The summed E-state index contributed by atoms with van der Waals surface area (Å²) < 4.78 is 5.64. The third kappa shape index (κ3) is 2.37. The van der Waals surface area contributed by atoms with Crippen LogP contribution in [-0.2, 0) is 16.0 Å². The van der Waals surface area contributed by atoms with Crippen LogP contribution < -0.4 is 0 Å². The van der Waals surface area contributed by atoms with Crippen molar-refractivity contribution >= 4 is 23.0 Å². The van der Waals surface area contributed by atoms with Crippen LogP contribution in [0.1, 0.15) is 31.6 Å². The molecule has 126 valence electrons. The number of aryl methyl sites for hydroxylation is 1. The molecule has 1 saturated carbocycles. The van der Waals surface area contributed by atoms with E-state index in [1.807, 2.05) is 24.3 Å². The van der Waals surface area contributed by atoms with Crippen LogP contribution in [-0.4, -0.2) is 40.0 Å². The number of para-hydroxylation sites is 2. The molecular formula is C18H20N2O4. The lowest BCUT2D eigenvalue weighted by Gasteiger charge is -2.23. The zero-order valence-electron chi connectivity index (χ0n) is 13.4. The molecule has 0 radical (unpaired) electrons. The first kappa shape index (κ1) is 15.2. The van der Waals surface area contributed by atoms with Gasteiger partial charge in [0, 0.05) is 25.9 Å². The lowest BCUT2D eigenvalue weighted by atomic mass is 9.81. The average Bonchev–Trinajstić information content (AvgIpc) is 3.23. The fraction of sp³-hybridized carbons (Fsp3) is 0.500. The van der Waals surface area contributed by atoms with E-state index in [0.29, 0.717) is 38.2 Å². The van der Waals surface area contributed by atoms with Gasteiger partial charge in [0.2, 0.25) is 5.91 Å². The number of nitrogens with zero attached hydrogens (tertiary/aromatic N) is 2. The van der Waals surface area contributed by atoms with E-state index in [-0.39, 0.29) is 11.8 Å². The van der Waals surface area contributed by atoms with Crippen molar-refractivity contribution in [2.24, 2.45) is 11.3 Å². The van der Waals surface area contributed by atoms with Crippen LogP contribution in [0.2, 0.25) is 0 Å². The largest absolute Gasteiger partial charge is 0.481 e. The molecule has 1 saturated heterocycles. The molecule has 1 aliphatic carbocycles. The third-order valence-corrected chi connectivity index (χ3v) is 5.54. The van der Waals surface area contributed by atoms with Gasteiger partial charge >= 0.3 is 5.97 Å². The highest BCUT2D eigenvalue weighted by Gasteiger charge is 2.55. The number of carboxylic acids is 1. The second-order valence-electron chi connectivity index (χ2n) is 6.90. The number of aliphatic carboxylic acids is 1. The molecular weight excluding hydrogens is 308 g/mol. The van der Waals surface area contributed by atoms with Crippen LogP contribution >= 0.6 is 0 Å². The molecule has 2 heterocycles. The van der Waals surface area contributed by atoms with Gasteiger partial charge in [-0.15, -0.1) is 0 Å². The van der Waals surface area contributed by atoms with Gasteiger partial charge in [0.25, 0.3) is 0 Å². The number of carbonyl (C=O) groups is 2. The van der Waals surface area contributed by atoms with Gasteiger partial charge in [0.1, 0.15) is 5.52 Å². The summed E-state index contributed by atoms with van der Waals surface area (Å²) in [6.07, 6.45) is 3.27. The van der Waals surface area contributed by atoms with Crippen molar-refractivity contribution < 1.29 is 19.1 Å². The van der Waals surface area contributed by atoms with E-state index in [1.165, 1.54) is 0 Å². The molecule has 1 N–H and O–H groups in total. The maximum Gasteiger partial charge on any atom is 0.311 e. The summed E-state index contributed by atoms with van der Waals surface area (Å²) in [4.78, 5) is 30.3. The summed E-state index contributed by atoms with van der Waals surface area (Å²) in [5, 5.41) is 9.60. The first-order valence-corrected chi connectivity index (χ1v) is 8.44. The van der Waals surface area contributed by atoms with E-state index >= 15 is 0 Å². The van der Waals surface area contributed by atoms with Gasteiger partial charge in [-0.2, -0.15) is 0 Å². The minimum Gasteiger partial charge on any atom is -0.481 e. The molecule has 2 aromatic rings. The van der Waals surface area contributed by atoms with Gasteiger partial charge in [-0.25, -0.2) is 4.98 Å². The van der Waals surface area contributed by atoms with Gasteiger partial charge in [0.15, 0.2) is 11.5 Å². The van der Waals surface area contributed by atoms with Crippen molar-refractivity contribution in [2.75, 3.05) is 13.1 Å². The number of hydrogen-bond acceptors (Lipinski definition) is 4. The number of amides is 1. The highest BCUT2D eigenvalue weighted by molar-refractivity contribution is 5.81. The van der Waals surface area contributed by atoms with Crippen molar-refractivity contribution in [3.63, 3.8) is 0 Å². The Morgan fingerprint density at radius 1 is 1.38 bits per heavy atom. The number of benzene rings is 1. The molecule has 24 heavy (non-hydrogen) atoms. The van der Waals surface area contributed by atoms with Crippen LogP contribution in [0.5, 0.6) is 0 Å². The molecule has 4 rings (SSSR count). The van der Waals surface area contributed by atoms with Crippen LogP contribution in [0.4, 0.5) is 0 Å². The Balaban J connectivity index is 1.41. The number of oxazole rings is 1. The predicted molar refractivity (Wildman–Crippen MR) is 86.3 cm³/mol. The molecule has 0 bridgehead atoms. The van der Waals surface area contributed by atoms with Crippen LogP contribution in [0.15, 0.2) is 28.7 Å². The first-order valence-electron chi connectivity index (χ1n) is 8.44. The Kier molecular flexibility index (Phi) is 3.55. The summed E-state index contributed by atoms with van der Waals surface area (Å²) in [6, 6.07) is 7.51. The van der Waals surface area contributed by atoms with E-state index in [4.69, 9.17) is 4.42 Å².